The number of carbonyl (C=O) groups excluding carboxylic acids is 1. The molecule has 0 aromatic carbocycles. The van der Waals surface area contributed by atoms with E-state index in [1.807, 2.05) is 13.0 Å². The lowest BCUT2D eigenvalue weighted by Crippen LogP contribution is -2.13. The second-order valence-corrected chi connectivity index (χ2v) is 3.05. The Morgan fingerprint density at radius 3 is 3.00 bits per heavy atom. The van der Waals surface area contributed by atoms with E-state index in [1.165, 1.54) is 0 Å². The molecule has 1 unspecified atom stereocenters. The number of amides is 1. The molecule has 0 aliphatic rings. The summed E-state index contributed by atoms with van der Waals surface area (Å²) in [7, 11) is 0. The molecule has 0 bridgehead atoms. The van der Waals surface area contributed by atoms with Crippen molar-refractivity contribution in [3.8, 4) is 6.07 Å². The van der Waals surface area contributed by atoms with Crippen LogP contribution < -0.4 is 5.73 Å². The number of hydrogen-bond donors (Lipinski definition) is 1. The summed E-state index contributed by atoms with van der Waals surface area (Å²) in [6, 6.07) is 2.04. The maximum atomic E-state index is 10.6. The number of aromatic nitrogens is 2. The first-order valence-corrected chi connectivity index (χ1v) is 4.12. The molecule has 1 heterocycles. The van der Waals surface area contributed by atoms with Gasteiger partial charge in [-0.15, -0.1) is 0 Å². The van der Waals surface area contributed by atoms with Crippen LogP contribution in [-0.4, -0.2) is 16.0 Å². The lowest BCUT2D eigenvalue weighted by atomic mass is 10.1. The largest absolute Gasteiger partial charge is 0.363 e. The molecule has 0 radical (unpaired) electrons. The third-order valence-corrected chi connectivity index (χ3v) is 1.65. The van der Waals surface area contributed by atoms with E-state index in [-0.39, 0.29) is 11.7 Å². The fourth-order valence-corrected chi connectivity index (χ4v) is 0.964. The summed E-state index contributed by atoms with van der Waals surface area (Å²) in [6.45, 7) is 1.89. The summed E-state index contributed by atoms with van der Waals surface area (Å²) < 4.78 is 4.77. The first kappa shape index (κ1) is 10.2. The zero-order valence-electron chi connectivity index (χ0n) is 7.73. The molecule has 0 saturated heterocycles. The molecule has 1 aromatic heterocycles. The Morgan fingerprint density at radius 1 is 1.79 bits per heavy atom. The maximum Gasteiger partial charge on any atom is 0.290 e. The van der Waals surface area contributed by atoms with Crippen molar-refractivity contribution in [1.82, 2.24) is 10.1 Å². The van der Waals surface area contributed by atoms with Crippen LogP contribution in [0.15, 0.2) is 4.52 Å². The summed E-state index contributed by atoms with van der Waals surface area (Å²) in [5.74, 6) is -0.375. The van der Waals surface area contributed by atoms with Crippen molar-refractivity contribution in [3.05, 3.63) is 11.7 Å². The Hall–Kier alpha value is -1.90. The number of nitrogens with zero attached hydrogens (tertiary/aromatic N) is 3. The van der Waals surface area contributed by atoms with E-state index in [2.05, 4.69) is 10.1 Å². The molecule has 1 aromatic rings. The van der Waals surface area contributed by atoms with E-state index in [9.17, 15) is 4.79 Å². The highest BCUT2D eigenvalue weighted by Gasteiger charge is 2.13. The molecule has 6 heteroatoms. The number of nitrogens with two attached hydrogens (primary N) is 1. The zero-order chi connectivity index (χ0) is 10.6. The fraction of sp³-hybridized carbons (Fsp3) is 0.500. The summed E-state index contributed by atoms with van der Waals surface area (Å²) in [5, 5.41) is 11.8. The molecule has 0 aliphatic carbocycles. The van der Waals surface area contributed by atoms with E-state index < -0.39 is 5.91 Å². The van der Waals surface area contributed by atoms with Crippen LogP contribution in [0.1, 0.15) is 29.9 Å². The van der Waals surface area contributed by atoms with Gasteiger partial charge in [-0.1, -0.05) is 12.1 Å². The van der Waals surface area contributed by atoms with Crippen LogP contribution in [0.25, 0.3) is 0 Å². The molecular formula is C8H10N4O2. The molecule has 0 aliphatic heterocycles. The molecular weight excluding hydrogens is 184 g/mol. The minimum absolute atomic E-state index is 0.121. The molecule has 6 nitrogen and oxygen atoms in total. The van der Waals surface area contributed by atoms with Gasteiger partial charge in [0.05, 0.1) is 6.07 Å². The van der Waals surface area contributed by atoms with Gasteiger partial charge >= 0.3 is 0 Å². The molecule has 0 fully saturated rings. The predicted octanol–water partition coefficient (Wildman–Crippen LogP) is 0.261. The van der Waals surface area contributed by atoms with E-state index in [1.54, 1.807) is 0 Å². The second-order valence-electron chi connectivity index (χ2n) is 3.05. The van der Waals surface area contributed by atoms with E-state index in [4.69, 9.17) is 15.5 Å². The first-order valence-electron chi connectivity index (χ1n) is 4.12. The monoisotopic (exact) mass is 194 g/mol. The minimum Gasteiger partial charge on any atom is -0.363 e. The van der Waals surface area contributed by atoms with Gasteiger partial charge in [0.2, 0.25) is 5.89 Å². The summed E-state index contributed by atoms with van der Waals surface area (Å²) in [4.78, 5) is 14.4. The number of nitriles is 1. The van der Waals surface area contributed by atoms with E-state index >= 15 is 0 Å². The normalized spacial score (nSPS) is 12.0. The van der Waals surface area contributed by atoms with Crippen LogP contribution in [0.5, 0.6) is 0 Å². The topological polar surface area (TPSA) is 106 Å². The molecule has 2 N–H and O–H groups in total. The molecule has 14 heavy (non-hydrogen) atoms. The summed E-state index contributed by atoms with van der Waals surface area (Å²) in [5.41, 5.74) is 4.94. The van der Waals surface area contributed by atoms with Crippen molar-refractivity contribution in [1.29, 1.82) is 5.26 Å². The van der Waals surface area contributed by atoms with Gasteiger partial charge in [0.1, 0.15) is 0 Å². The highest BCUT2D eigenvalue weighted by atomic mass is 16.5. The van der Waals surface area contributed by atoms with Crippen molar-refractivity contribution in [2.75, 3.05) is 0 Å². The van der Waals surface area contributed by atoms with Gasteiger partial charge in [-0.2, -0.15) is 10.2 Å². The highest BCUT2D eigenvalue weighted by molar-refractivity contribution is 5.88. The third-order valence-electron chi connectivity index (χ3n) is 1.65. The van der Waals surface area contributed by atoms with Crippen LogP contribution in [0, 0.1) is 17.2 Å². The van der Waals surface area contributed by atoms with Crippen molar-refractivity contribution in [2.45, 2.75) is 19.8 Å². The molecule has 74 valence electrons. The number of hydrogen-bond acceptors (Lipinski definition) is 5. The van der Waals surface area contributed by atoms with Gasteiger partial charge in [-0.3, -0.25) is 4.79 Å². The quantitative estimate of drug-likeness (QED) is 0.739. The Labute approximate surface area is 80.7 Å². The fourth-order valence-electron chi connectivity index (χ4n) is 0.964. The second kappa shape index (κ2) is 4.37. The number of primary amides is 1. The van der Waals surface area contributed by atoms with Gasteiger partial charge in [0, 0.05) is 12.8 Å². The summed E-state index contributed by atoms with van der Waals surface area (Å²) >= 11 is 0. The van der Waals surface area contributed by atoms with Gasteiger partial charge in [0.15, 0.2) is 0 Å². The predicted molar refractivity (Wildman–Crippen MR) is 45.9 cm³/mol. The molecule has 1 amide bonds. The van der Waals surface area contributed by atoms with Gasteiger partial charge in [-0.05, 0) is 5.92 Å². The van der Waals surface area contributed by atoms with Crippen molar-refractivity contribution >= 4 is 5.91 Å². The Kier molecular flexibility index (Phi) is 3.18. The van der Waals surface area contributed by atoms with Crippen molar-refractivity contribution in [3.63, 3.8) is 0 Å². The van der Waals surface area contributed by atoms with E-state index in [0.717, 1.165) is 0 Å². The molecule has 1 atom stereocenters. The van der Waals surface area contributed by atoms with E-state index in [0.29, 0.717) is 18.7 Å². The van der Waals surface area contributed by atoms with Crippen LogP contribution >= 0.6 is 0 Å². The number of rotatable bonds is 4. The van der Waals surface area contributed by atoms with Gasteiger partial charge in [-0.25, -0.2) is 0 Å². The van der Waals surface area contributed by atoms with Crippen LogP contribution in [0.3, 0.4) is 0 Å². The Balaban J connectivity index is 2.60. The highest BCUT2D eigenvalue weighted by Crippen LogP contribution is 2.09. The molecule has 0 spiro atoms. The minimum atomic E-state index is -0.715. The standard InChI is InChI=1S/C8H10N4O2/c1-5(2-3-9)4-6-11-8(7(10)13)12-14-6/h5H,2,4H2,1H3,(H2,10,13). The summed E-state index contributed by atoms with van der Waals surface area (Å²) in [6.07, 6.45) is 0.891. The van der Waals surface area contributed by atoms with Crippen molar-refractivity contribution in [2.24, 2.45) is 11.7 Å². The van der Waals surface area contributed by atoms with Crippen LogP contribution in [0.4, 0.5) is 0 Å². The van der Waals surface area contributed by atoms with Crippen molar-refractivity contribution < 1.29 is 9.32 Å². The van der Waals surface area contributed by atoms with Crippen LogP contribution in [-0.2, 0) is 6.42 Å². The Morgan fingerprint density at radius 2 is 2.50 bits per heavy atom. The first-order chi connectivity index (χ1) is 6.63. The van der Waals surface area contributed by atoms with Gasteiger partial charge < -0.3 is 10.3 Å². The average molecular weight is 194 g/mol. The zero-order valence-corrected chi connectivity index (χ0v) is 7.73. The third kappa shape index (κ3) is 2.55. The SMILES string of the molecule is CC(CC#N)Cc1nc(C(N)=O)no1. The molecule has 1 rings (SSSR count). The lowest BCUT2D eigenvalue weighted by molar-refractivity contribution is 0.0987. The smallest absolute Gasteiger partial charge is 0.290 e. The lowest BCUT2D eigenvalue weighted by Gasteiger charge is -1.99. The Bertz CT molecular complexity index is 366. The van der Waals surface area contributed by atoms with Gasteiger partial charge in [0.25, 0.3) is 11.7 Å². The maximum absolute atomic E-state index is 10.6. The number of carbonyl (C=O) groups is 1. The molecule has 0 saturated carbocycles. The van der Waals surface area contributed by atoms with Crippen LogP contribution in [0.2, 0.25) is 0 Å². The average Bonchev–Trinajstić information content (AvgIpc) is 2.53.